The Morgan fingerprint density at radius 2 is 2.16 bits per heavy atom. The van der Waals surface area contributed by atoms with Crippen molar-refractivity contribution in [1.82, 2.24) is 9.78 Å². The second-order valence-corrected chi connectivity index (χ2v) is 5.28. The summed E-state index contributed by atoms with van der Waals surface area (Å²) >= 11 is 0. The van der Waals surface area contributed by atoms with Crippen LogP contribution in [0.4, 0.5) is 11.5 Å². The number of anilines is 1. The lowest BCUT2D eigenvalue weighted by Gasteiger charge is -2.22. The summed E-state index contributed by atoms with van der Waals surface area (Å²) in [6.07, 6.45) is 0.558. The Balaban J connectivity index is 3.12. The molecule has 1 rings (SSSR count). The highest BCUT2D eigenvalue weighted by Gasteiger charge is 2.28. The van der Waals surface area contributed by atoms with Crippen LogP contribution in [0.15, 0.2) is 0 Å². The minimum Gasteiger partial charge on any atom is -0.388 e. The zero-order valence-corrected chi connectivity index (χ0v) is 12.1. The summed E-state index contributed by atoms with van der Waals surface area (Å²) in [4.78, 5) is 10.7. The van der Waals surface area contributed by atoms with Gasteiger partial charge >= 0.3 is 5.69 Å². The van der Waals surface area contributed by atoms with E-state index in [1.807, 2.05) is 20.8 Å². The Bertz CT molecular complexity index is 466. The molecule has 0 bridgehead atoms. The quantitative estimate of drug-likeness (QED) is 0.611. The van der Waals surface area contributed by atoms with E-state index in [2.05, 4.69) is 10.4 Å². The van der Waals surface area contributed by atoms with Gasteiger partial charge < -0.3 is 10.4 Å². The molecule has 7 heteroatoms. The number of aliphatic hydroxyl groups is 1. The van der Waals surface area contributed by atoms with Crippen molar-refractivity contribution < 1.29 is 10.0 Å². The summed E-state index contributed by atoms with van der Waals surface area (Å²) in [5, 5.41) is 28.3. The second kappa shape index (κ2) is 5.56. The molecule has 0 amide bonds. The van der Waals surface area contributed by atoms with Crippen molar-refractivity contribution in [3.63, 3.8) is 0 Å². The third-order valence-electron chi connectivity index (χ3n) is 3.12. The molecular weight excluding hydrogens is 248 g/mol. The number of aryl methyl sites for hydroxylation is 1. The zero-order chi connectivity index (χ0) is 14.8. The lowest BCUT2D eigenvalue weighted by molar-refractivity contribution is -0.384. The number of hydrogen-bond acceptors (Lipinski definition) is 5. The first-order chi connectivity index (χ1) is 8.69. The number of nitro groups is 1. The summed E-state index contributed by atoms with van der Waals surface area (Å²) in [6.45, 7) is 9.21. The first kappa shape index (κ1) is 15.4. The largest absolute Gasteiger partial charge is 0.388 e. The summed E-state index contributed by atoms with van der Waals surface area (Å²) in [6, 6.07) is 0.00137. The van der Waals surface area contributed by atoms with Gasteiger partial charge in [0.1, 0.15) is 5.69 Å². The Labute approximate surface area is 112 Å². The predicted octanol–water partition coefficient (Wildman–Crippen LogP) is 2.25. The maximum absolute atomic E-state index is 11.1. The Kier molecular flexibility index (Phi) is 4.52. The standard InChI is InChI=1S/C12H22N4O3/c1-6-12(5,17)7-13-11-10(16(18)19)9(4)14-15(11)8(2)3/h8,13,17H,6-7H2,1-5H3. The molecule has 1 unspecified atom stereocenters. The number of nitrogens with zero attached hydrogens (tertiary/aromatic N) is 3. The van der Waals surface area contributed by atoms with Crippen LogP contribution < -0.4 is 5.32 Å². The molecule has 0 saturated carbocycles. The first-order valence-corrected chi connectivity index (χ1v) is 6.39. The Morgan fingerprint density at radius 1 is 1.58 bits per heavy atom. The van der Waals surface area contributed by atoms with Crippen molar-refractivity contribution in [1.29, 1.82) is 0 Å². The van der Waals surface area contributed by atoms with E-state index in [0.29, 0.717) is 17.9 Å². The molecular formula is C12H22N4O3. The van der Waals surface area contributed by atoms with Crippen LogP contribution in [0, 0.1) is 17.0 Å². The summed E-state index contributed by atoms with van der Waals surface area (Å²) in [5.41, 5.74) is -0.564. The van der Waals surface area contributed by atoms with Crippen molar-refractivity contribution in [2.45, 2.75) is 52.7 Å². The van der Waals surface area contributed by atoms with E-state index < -0.39 is 10.5 Å². The Hall–Kier alpha value is -1.63. The topological polar surface area (TPSA) is 93.2 Å². The highest BCUT2D eigenvalue weighted by molar-refractivity contribution is 5.59. The average Bonchev–Trinajstić information content (AvgIpc) is 2.64. The molecule has 1 heterocycles. The van der Waals surface area contributed by atoms with Crippen molar-refractivity contribution in [2.24, 2.45) is 0 Å². The molecule has 0 fully saturated rings. The van der Waals surface area contributed by atoms with Gasteiger partial charge in [-0.2, -0.15) is 5.10 Å². The van der Waals surface area contributed by atoms with Gasteiger partial charge in [-0.05, 0) is 34.1 Å². The highest BCUT2D eigenvalue weighted by Crippen LogP contribution is 2.31. The van der Waals surface area contributed by atoms with Gasteiger partial charge in [0, 0.05) is 12.6 Å². The monoisotopic (exact) mass is 270 g/mol. The van der Waals surface area contributed by atoms with E-state index in [0.717, 1.165) is 0 Å². The van der Waals surface area contributed by atoms with E-state index in [9.17, 15) is 15.2 Å². The molecule has 1 aromatic rings. The number of nitrogens with one attached hydrogen (secondary N) is 1. The van der Waals surface area contributed by atoms with Crippen LogP contribution in [0.3, 0.4) is 0 Å². The maximum atomic E-state index is 11.1. The van der Waals surface area contributed by atoms with E-state index in [1.165, 1.54) is 0 Å². The fourth-order valence-corrected chi connectivity index (χ4v) is 1.69. The highest BCUT2D eigenvalue weighted by atomic mass is 16.6. The van der Waals surface area contributed by atoms with Gasteiger partial charge in [-0.15, -0.1) is 0 Å². The summed E-state index contributed by atoms with van der Waals surface area (Å²) in [7, 11) is 0. The second-order valence-electron chi connectivity index (χ2n) is 5.28. The minimum atomic E-state index is -0.909. The normalized spacial score (nSPS) is 14.5. The molecule has 0 aliphatic rings. The van der Waals surface area contributed by atoms with Gasteiger partial charge in [-0.3, -0.25) is 10.1 Å². The zero-order valence-electron chi connectivity index (χ0n) is 12.1. The summed E-state index contributed by atoms with van der Waals surface area (Å²) < 4.78 is 1.58. The Morgan fingerprint density at radius 3 is 2.58 bits per heavy atom. The van der Waals surface area contributed by atoms with E-state index >= 15 is 0 Å². The molecule has 1 atom stereocenters. The molecule has 19 heavy (non-hydrogen) atoms. The smallest absolute Gasteiger partial charge is 0.333 e. The SMILES string of the molecule is CCC(C)(O)CNc1c([N+](=O)[O-])c(C)nn1C(C)C. The van der Waals surface area contributed by atoms with Crippen molar-refractivity contribution >= 4 is 11.5 Å². The lowest BCUT2D eigenvalue weighted by Crippen LogP contribution is -2.33. The number of rotatable bonds is 6. The third-order valence-corrected chi connectivity index (χ3v) is 3.12. The number of hydrogen-bond donors (Lipinski definition) is 2. The molecule has 1 aromatic heterocycles. The van der Waals surface area contributed by atoms with Crippen molar-refractivity contribution in [2.75, 3.05) is 11.9 Å². The molecule has 2 N–H and O–H groups in total. The van der Waals surface area contributed by atoms with E-state index in [-0.39, 0.29) is 18.3 Å². The predicted molar refractivity (Wildman–Crippen MR) is 73.4 cm³/mol. The molecule has 0 aliphatic carbocycles. The average molecular weight is 270 g/mol. The minimum absolute atomic E-state index is 0.00137. The van der Waals surface area contributed by atoms with Gasteiger partial charge in [-0.25, -0.2) is 4.68 Å². The molecule has 0 saturated heterocycles. The summed E-state index contributed by atoms with van der Waals surface area (Å²) in [5.74, 6) is 0.353. The fraction of sp³-hybridized carbons (Fsp3) is 0.750. The molecule has 0 aromatic carbocycles. The third kappa shape index (κ3) is 3.44. The van der Waals surface area contributed by atoms with Crippen LogP contribution in [-0.2, 0) is 0 Å². The first-order valence-electron chi connectivity index (χ1n) is 6.39. The molecule has 0 spiro atoms. The van der Waals surface area contributed by atoms with Gasteiger partial charge in [0.15, 0.2) is 0 Å². The van der Waals surface area contributed by atoms with Gasteiger partial charge in [0.25, 0.3) is 0 Å². The molecule has 7 nitrogen and oxygen atoms in total. The van der Waals surface area contributed by atoms with Crippen LogP contribution in [0.25, 0.3) is 0 Å². The van der Waals surface area contributed by atoms with Gasteiger partial charge in [0.05, 0.1) is 10.5 Å². The molecule has 108 valence electrons. The maximum Gasteiger partial charge on any atom is 0.333 e. The van der Waals surface area contributed by atoms with Crippen molar-refractivity contribution in [3.8, 4) is 0 Å². The van der Waals surface area contributed by atoms with Gasteiger partial charge in [0.2, 0.25) is 5.82 Å². The van der Waals surface area contributed by atoms with Crippen LogP contribution in [-0.4, -0.2) is 32.0 Å². The van der Waals surface area contributed by atoms with E-state index in [1.54, 1.807) is 18.5 Å². The van der Waals surface area contributed by atoms with Crippen LogP contribution in [0.1, 0.15) is 45.9 Å². The molecule has 0 aliphatic heterocycles. The van der Waals surface area contributed by atoms with Gasteiger partial charge in [-0.1, -0.05) is 6.92 Å². The van der Waals surface area contributed by atoms with Crippen molar-refractivity contribution in [3.05, 3.63) is 15.8 Å². The molecule has 0 radical (unpaired) electrons. The van der Waals surface area contributed by atoms with Crippen LogP contribution in [0.5, 0.6) is 0 Å². The fourth-order valence-electron chi connectivity index (χ4n) is 1.69. The van der Waals surface area contributed by atoms with Crippen LogP contribution in [0.2, 0.25) is 0 Å². The lowest BCUT2D eigenvalue weighted by atomic mass is 10.0. The van der Waals surface area contributed by atoms with E-state index in [4.69, 9.17) is 0 Å². The van der Waals surface area contributed by atoms with Crippen LogP contribution >= 0.6 is 0 Å². The number of aromatic nitrogens is 2.